The van der Waals surface area contributed by atoms with Gasteiger partial charge in [-0.3, -0.25) is 4.79 Å². The van der Waals surface area contributed by atoms with Crippen LogP contribution in [0.1, 0.15) is 25.7 Å². The fourth-order valence-electron chi connectivity index (χ4n) is 4.00. The number of nitrogens with one attached hydrogen (secondary N) is 1. The van der Waals surface area contributed by atoms with Gasteiger partial charge in [0.15, 0.2) is 18.2 Å². The van der Waals surface area contributed by atoms with Crippen LogP contribution in [-0.4, -0.2) is 65.8 Å². The summed E-state index contributed by atoms with van der Waals surface area (Å²) in [5, 5.41) is 2.90. The van der Waals surface area contributed by atoms with Gasteiger partial charge in [0.05, 0.1) is 11.0 Å². The first-order valence-electron chi connectivity index (χ1n) is 10.6. The van der Waals surface area contributed by atoms with Crippen molar-refractivity contribution in [3.63, 3.8) is 0 Å². The van der Waals surface area contributed by atoms with Crippen molar-refractivity contribution >= 4 is 34.7 Å². The normalized spacial score (nSPS) is 17.6. The molecule has 4 rings (SSSR count). The Hall–Kier alpha value is -3.11. The second kappa shape index (κ2) is 9.17. The average molecular weight is 451 g/mol. The lowest BCUT2D eigenvalue weighted by atomic mass is 9.96. The number of para-hydroxylation sites is 2. The lowest BCUT2D eigenvalue weighted by molar-refractivity contribution is -0.162. The molecule has 32 heavy (non-hydrogen) atoms. The number of hydrogen-bond donors (Lipinski definition) is 1. The fraction of sp³-hybridized carbons (Fsp3) is 0.524. The number of amides is 2. The lowest BCUT2D eigenvalue weighted by Gasteiger charge is -2.31. The minimum absolute atomic E-state index is 0.150. The molecule has 0 radical (unpaired) electrons. The first-order valence-corrected chi connectivity index (χ1v) is 10.6. The second-order valence-electron chi connectivity index (χ2n) is 8.00. The zero-order valence-electron chi connectivity index (χ0n) is 17.4. The molecule has 172 valence electrons. The van der Waals surface area contributed by atoms with E-state index in [9.17, 15) is 22.8 Å². The molecule has 0 unspecified atom stereocenters. The number of likely N-dealkylation sites (tertiary alicyclic amines) is 1. The molecule has 1 N–H and O–H groups in total. The molecular formula is C21H24F3N5O3. The van der Waals surface area contributed by atoms with Gasteiger partial charge in [-0.25, -0.2) is 14.8 Å². The number of ether oxygens (including phenoxy) is 1. The molecule has 0 bridgehead atoms. The van der Waals surface area contributed by atoms with Crippen LogP contribution in [0.3, 0.4) is 0 Å². The standard InChI is InChI=1S/C21H24F3N5O3/c22-21(23,24)13-32-20(31)29-11-7-14(8-12-29)19(30)27-17-18(28-9-3-4-10-28)26-16-6-2-1-5-15(16)25-17/h1-2,5-6,14H,3-4,7-13H2,(H,25,27,30). The van der Waals surface area contributed by atoms with Gasteiger partial charge in [0.2, 0.25) is 5.91 Å². The molecule has 0 saturated carbocycles. The van der Waals surface area contributed by atoms with Crippen LogP contribution in [0.4, 0.5) is 29.6 Å². The zero-order chi connectivity index (χ0) is 22.7. The molecule has 2 aliphatic rings. The van der Waals surface area contributed by atoms with Crippen molar-refractivity contribution in [3.8, 4) is 0 Å². The molecule has 2 aliphatic heterocycles. The Bertz CT molecular complexity index is 986. The third kappa shape index (κ3) is 5.20. The monoisotopic (exact) mass is 451 g/mol. The van der Waals surface area contributed by atoms with Gasteiger partial charge in [0.1, 0.15) is 0 Å². The van der Waals surface area contributed by atoms with Crippen molar-refractivity contribution in [2.45, 2.75) is 31.9 Å². The number of piperidine rings is 1. The van der Waals surface area contributed by atoms with Crippen LogP contribution in [0.15, 0.2) is 24.3 Å². The molecule has 2 amide bonds. The van der Waals surface area contributed by atoms with E-state index < -0.39 is 18.9 Å². The van der Waals surface area contributed by atoms with Crippen LogP contribution in [0.5, 0.6) is 0 Å². The van der Waals surface area contributed by atoms with E-state index in [1.54, 1.807) is 0 Å². The Morgan fingerprint density at radius 1 is 1.03 bits per heavy atom. The van der Waals surface area contributed by atoms with Gasteiger partial charge in [0, 0.05) is 32.1 Å². The van der Waals surface area contributed by atoms with Crippen molar-refractivity contribution in [3.05, 3.63) is 24.3 Å². The third-order valence-corrected chi connectivity index (χ3v) is 5.68. The van der Waals surface area contributed by atoms with Gasteiger partial charge < -0.3 is 19.9 Å². The number of carbonyl (C=O) groups excluding carboxylic acids is 2. The Morgan fingerprint density at radius 2 is 1.66 bits per heavy atom. The van der Waals surface area contributed by atoms with Crippen LogP contribution < -0.4 is 10.2 Å². The third-order valence-electron chi connectivity index (χ3n) is 5.68. The summed E-state index contributed by atoms with van der Waals surface area (Å²) in [6.45, 7) is 0.364. The molecule has 1 aromatic carbocycles. The topological polar surface area (TPSA) is 87.7 Å². The number of halogens is 3. The fourth-order valence-corrected chi connectivity index (χ4v) is 4.00. The summed E-state index contributed by atoms with van der Waals surface area (Å²) in [7, 11) is 0. The SMILES string of the molecule is O=C(Nc1nc2ccccc2nc1N1CCCC1)C1CCN(C(=O)OCC(F)(F)F)CC1. The quantitative estimate of drug-likeness (QED) is 0.765. The molecule has 2 fully saturated rings. The van der Waals surface area contributed by atoms with E-state index in [4.69, 9.17) is 4.98 Å². The molecule has 0 aliphatic carbocycles. The highest BCUT2D eigenvalue weighted by atomic mass is 19.4. The number of alkyl halides is 3. The van der Waals surface area contributed by atoms with E-state index in [1.807, 2.05) is 24.3 Å². The van der Waals surface area contributed by atoms with Gasteiger partial charge in [-0.1, -0.05) is 12.1 Å². The predicted octanol–water partition coefficient (Wildman–Crippen LogP) is 3.58. The van der Waals surface area contributed by atoms with Gasteiger partial charge in [0.25, 0.3) is 0 Å². The maximum atomic E-state index is 12.9. The van der Waals surface area contributed by atoms with E-state index >= 15 is 0 Å². The van der Waals surface area contributed by atoms with Crippen LogP contribution in [-0.2, 0) is 9.53 Å². The van der Waals surface area contributed by atoms with E-state index in [2.05, 4.69) is 19.9 Å². The molecule has 1 aromatic heterocycles. The summed E-state index contributed by atoms with van der Waals surface area (Å²) in [6, 6.07) is 7.44. The number of anilines is 2. The largest absolute Gasteiger partial charge is 0.440 e. The van der Waals surface area contributed by atoms with Crippen molar-refractivity contribution in [1.29, 1.82) is 0 Å². The van der Waals surface area contributed by atoms with Crippen LogP contribution >= 0.6 is 0 Å². The summed E-state index contributed by atoms with van der Waals surface area (Å²) in [6.07, 6.45) is -2.84. The summed E-state index contributed by atoms with van der Waals surface area (Å²) >= 11 is 0. The highest BCUT2D eigenvalue weighted by Crippen LogP contribution is 2.29. The van der Waals surface area contributed by atoms with E-state index in [0.717, 1.165) is 31.4 Å². The minimum Gasteiger partial charge on any atom is -0.440 e. The molecule has 2 saturated heterocycles. The van der Waals surface area contributed by atoms with E-state index in [0.29, 0.717) is 30.0 Å². The summed E-state index contributed by atoms with van der Waals surface area (Å²) in [5.74, 6) is 0.421. The number of rotatable bonds is 4. The molecule has 8 nitrogen and oxygen atoms in total. The maximum Gasteiger partial charge on any atom is 0.422 e. The number of carbonyl (C=O) groups is 2. The number of hydrogen-bond acceptors (Lipinski definition) is 6. The summed E-state index contributed by atoms with van der Waals surface area (Å²) in [5.41, 5.74) is 1.42. The van der Waals surface area contributed by atoms with Crippen LogP contribution in [0, 0.1) is 5.92 Å². The second-order valence-corrected chi connectivity index (χ2v) is 8.00. The molecule has 0 atom stereocenters. The highest BCUT2D eigenvalue weighted by Gasteiger charge is 2.33. The lowest BCUT2D eigenvalue weighted by Crippen LogP contribution is -2.42. The van der Waals surface area contributed by atoms with Crippen molar-refractivity contribution in [2.24, 2.45) is 5.92 Å². The number of fused-ring (bicyclic) bond motifs is 1. The van der Waals surface area contributed by atoms with Crippen molar-refractivity contribution in [1.82, 2.24) is 14.9 Å². The maximum absolute atomic E-state index is 12.9. The van der Waals surface area contributed by atoms with Gasteiger partial charge in [-0.05, 0) is 37.8 Å². The first-order chi connectivity index (χ1) is 15.3. The molecule has 11 heteroatoms. The number of benzene rings is 1. The number of aromatic nitrogens is 2. The first kappa shape index (κ1) is 22.1. The van der Waals surface area contributed by atoms with E-state index in [-0.39, 0.29) is 24.9 Å². The Morgan fingerprint density at radius 3 is 2.28 bits per heavy atom. The molecule has 3 heterocycles. The Balaban J connectivity index is 1.41. The number of nitrogens with zero attached hydrogens (tertiary/aromatic N) is 4. The molecule has 0 spiro atoms. The van der Waals surface area contributed by atoms with Gasteiger partial charge in [-0.15, -0.1) is 0 Å². The average Bonchev–Trinajstić information content (AvgIpc) is 3.31. The molecule has 2 aromatic rings. The zero-order valence-corrected chi connectivity index (χ0v) is 17.4. The Labute approximate surface area is 182 Å². The van der Waals surface area contributed by atoms with Gasteiger partial charge >= 0.3 is 12.3 Å². The van der Waals surface area contributed by atoms with Crippen molar-refractivity contribution < 1.29 is 27.5 Å². The van der Waals surface area contributed by atoms with Gasteiger partial charge in [-0.2, -0.15) is 13.2 Å². The van der Waals surface area contributed by atoms with Crippen LogP contribution in [0.25, 0.3) is 11.0 Å². The van der Waals surface area contributed by atoms with E-state index in [1.165, 1.54) is 4.90 Å². The minimum atomic E-state index is -4.57. The van der Waals surface area contributed by atoms with Crippen LogP contribution in [0.2, 0.25) is 0 Å². The van der Waals surface area contributed by atoms with Crippen molar-refractivity contribution in [2.75, 3.05) is 43.0 Å². The molecular weight excluding hydrogens is 427 g/mol. The Kier molecular flexibility index (Phi) is 6.33. The highest BCUT2D eigenvalue weighted by molar-refractivity contribution is 5.95. The predicted molar refractivity (Wildman–Crippen MR) is 111 cm³/mol. The summed E-state index contributed by atoms with van der Waals surface area (Å²) < 4.78 is 41.0. The summed E-state index contributed by atoms with van der Waals surface area (Å²) in [4.78, 5) is 37.4. The smallest absolute Gasteiger partial charge is 0.422 e.